The van der Waals surface area contributed by atoms with Crippen LogP contribution in [0.2, 0.25) is 0 Å². The van der Waals surface area contributed by atoms with Gasteiger partial charge in [0.1, 0.15) is 6.10 Å². The molecular formula is C13H18N2O3. The molecule has 18 heavy (non-hydrogen) atoms. The predicted molar refractivity (Wildman–Crippen MR) is 71.0 cm³/mol. The molecule has 2 atom stereocenters. The first kappa shape index (κ1) is 12.7. The molecule has 0 amide bonds. The van der Waals surface area contributed by atoms with Crippen molar-refractivity contribution in [3.05, 3.63) is 29.5 Å². The third-order valence-corrected chi connectivity index (χ3v) is 2.92. The number of aliphatic hydroxyl groups is 1. The third-order valence-electron chi connectivity index (χ3n) is 2.92. The van der Waals surface area contributed by atoms with E-state index in [-0.39, 0.29) is 12.2 Å². The molecule has 5 nitrogen and oxygen atoms in total. The van der Waals surface area contributed by atoms with E-state index in [2.05, 4.69) is 0 Å². The Hall–Kier alpha value is -1.72. The molecule has 1 saturated heterocycles. The van der Waals surface area contributed by atoms with E-state index in [4.69, 9.17) is 26.0 Å². The Labute approximate surface area is 106 Å². The average molecular weight is 250 g/mol. The first-order valence-corrected chi connectivity index (χ1v) is 5.84. The first-order valence-electron chi connectivity index (χ1n) is 5.84. The molecule has 5 N–H and O–H groups in total. The van der Waals surface area contributed by atoms with Crippen molar-refractivity contribution in [2.24, 2.45) is 0 Å². The van der Waals surface area contributed by atoms with Gasteiger partial charge in [0, 0.05) is 0 Å². The SMILES string of the molecule is C[C@@H](OC[C@H]1CO1)c1cc(N)c(N)cc1/C=C/O. The monoisotopic (exact) mass is 250 g/mol. The number of nitrogens with two attached hydrogens (primary N) is 2. The molecule has 0 bridgehead atoms. The van der Waals surface area contributed by atoms with E-state index in [9.17, 15) is 0 Å². The van der Waals surface area contributed by atoms with Gasteiger partial charge in [0.25, 0.3) is 0 Å². The highest BCUT2D eigenvalue weighted by Gasteiger charge is 2.24. The number of rotatable bonds is 5. The van der Waals surface area contributed by atoms with Crippen LogP contribution in [0.5, 0.6) is 0 Å². The molecule has 98 valence electrons. The summed E-state index contributed by atoms with van der Waals surface area (Å²) in [5, 5.41) is 8.90. The van der Waals surface area contributed by atoms with Crippen LogP contribution in [0.15, 0.2) is 18.4 Å². The second kappa shape index (κ2) is 5.29. The largest absolute Gasteiger partial charge is 0.516 e. The highest BCUT2D eigenvalue weighted by atomic mass is 16.6. The lowest BCUT2D eigenvalue weighted by Crippen LogP contribution is -2.08. The van der Waals surface area contributed by atoms with E-state index in [0.29, 0.717) is 18.0 Å². The summed E-state index contributed by atoms with van der Waals surface area (Å²) in [6, 6.07) is 3.51. The Morgan fingerprint density at radius 1 is 1.50 bits per heavy atom. The van der Waals surface area contributed by atoms with E-state index >= 15 is 0 Å². The maximum absolute atomic E-state index is 8.90. The van der Waals surface area contributed by atoms with Crippen LogP contribution in [0.1, 0.15) is 24.2 Å². The van der Waals surface area contributed by atoms with E-state index < -0.39 is 0 Å². The molecule has 0 aromatic heterocycles. The molecule has 2 rings (SSSR count). The van der Waals surface area contributed by atoms with Gasteiger partial charge in [-0.15, -0.1) is 0 Å². The Morgan fingerprint density at radius 2 is 2.17 bits per heavy atom. The van der Waals surface area contributed by atoms with E-state index in [0.717, 1.165) is 24.0 Å². The fourth-order valence-electron chi connectivity index (χ4n) is 1.75. The fourth-order valence-corrected chi connectivity index (χ4v) is 1.75. The molecule has 0 radical (unpaired) electrons. The molecule has 0 saturated carbocycles. The summed E-state index contributed by atoms with van der Waals surface area (Å²) < 4.78 is 10.8. The van der Waals surface area contributed by atoms with E-state index in [1.54, 1.807) is 18.2 Å². The van der Waals surface area contributed by atoms with Crippen molar-refractivity contribution in [2.45, 2.75) is 19.1 Å². The number of hydrogen-bond acceptors (Lipinski definition) is 5. The summed E-state index contributed by atoms with van der Waals surface area (Å²) in [5.74, 6) is 0. The molecule has 1 aliphatic heterocycles. The Morgan fingerprint density at radius 3 is 2.78 bits per heavy atom. The number of aliphatic hydroxyl groups excluding tert-OH is 1. The van der Waals surface area contributed by atoms with Crippen molar-refractivity contribution in [3.63, 3.8) is 0 Å². The van der Waals surface area contributed by atoms with Crippen LogP contribution in [0, 0.1) is 0 Å². The zero-order chi connectivity index (χ0) is 13.1. The number of benzene rings is 1. The molecule has 1 aromatic carbocycles. The fraction of sp³-hybridized carbons (Fsp3) is 0.385. The van der Waals surface area contributed by atoms with Gasteiger partial charge in [0.15, 0.2) is 0 Å². The van der Waals surface area contributed by atoms with Crippen molar-refractivity contribution in [3.8, 4) is 0 Å². The van der Waals surface area contributed by atoms with Crippen molar-refractivity contribution in [1.29, 1.82) is 0 Å². The van der Waals surface area contributed by atoms with Crippen LogP contribution in [-0.2, 0) is 9.47 Å². The second-order valence-electron chi connectivity index (χ2n) is 4.36. The summed E-state index contributed by atoms with van der Waals surface area (Å²) in [5.41, 5.74) is 14.2. The lowest BCUT2D eigenvalue weighted by atomic mass is 10.0. The van der Waals surface area contributed by atoms with Crippen LogP contribution >= 0.6 is 0 Å². The highest BCUT2D eigenvalue weighted by molar-refractivity contribution is 5.71. The highest BCUT2D eigenvalue weighted by Crippen LogP contribution is 2.29. The van der Waals surface area contributed by atoms with Crippen molar-refractivity contribution < 1.29 is 14.6 Å². The standard InChI is InChI=1S/C13H18N2O3/c1-8(17-6-10-7-18-10)11-5-13(15)12(14)4-9(11)2-3-16/h2-5,8,10,16H,6-7,14-15H2,1H3/b3-2+/t8-,10+/m1/s1. The van der Waals surface area contributed by atoms with Gasteiger partial charge in [0.05, 0.1) is 37.0 Å². The quantitative estimate of drug-likeness (QED) is 0.421. The van der Waals surface area contributed by atoms with Gasteiger partial charge in [-0.05, 0) is 36.3 Å². The molecular weight excluding hydrogens is 232 g/mol. The molecule has 1 aromatic rings. The minimum Gasteiger partial charge on any atom is -0.516 e. The van der Waals surface area contributed by atoms with Gasteiger partial charge in [-0.25, -0.2) is 0 Å². The lowest BCUT2D eigenvalue weighted by Gasteiger charge is -2.17. The number of hydrogen-bond donors (Lipinski definition) is 3. The van der Waals surface area contributed by atoms with Crippen LogP contribution in [0.3, 0.4) is 0 Å². The van der Waals surface area contributed by atoms with Crippen LogP contribution < -0.4 is 11.5 Å². The summed E-state index contributed by atoms with van der Waals surface area (Å²) in [7, 11) is 0. The normalized spacial score (nSPS) is 20.2. The molecule has 0 unspecified atom stereocenters. The Kier molecular flexibility index (Phi) is 3.74. The Balaban J connectivity index is 2.19. The molecule has 5 heteroatoms. The molecule has 0 aliphatic carbocycles. The van der Waals surface area contributed by atoms with Gasteiger partial charge in [-0.1, -0.05) is 0 Å². The summed E-state index contributed by atoms with van der Waals surface area (Å²) >= 11 is 0. The van der Waals surface area contributed by atoms with Gasteiger partial charge < -0.3 is 26.0 Å². The minimum atomic E-state index is -0.136. The van der Waals surface area contributed by atoms with Crippen LogP contribution in [0.4, 0.5) is 11.4 Å². The van der Waals surface area contributed by atoms with Crippen molar-refractivity contribution >= 4 is 17.5 Å². The maximum atomic E-state index is 8.90. The van der Waals surface area contributed by atoms with Crippen molar-refractivity contribution in [2.75, 3.05) is 24.7 Å². The van der Waals surface area contributed by atoms with Crippen LogP contribution in [-0.4, -0.2) is 24.4 Å². The van der Waals surface area contributed by atoms with Gasteiger partial charge in [-0.3, -0.25) is 0 Å². The third kappa shape index (κ3) is 2.94. The molecule has 0 spiro atoms. The van der Waals surface area contributed by atoms with E-state index in [1.165, 1.54) is 0 Å². The summed E-state index contributed by atoms with van der Waals surface area (Å²) in [4.78, 5) is 0. The smallest absolute Gasteiger partial charge is 0.104 e. The minimum absolute atomic E-state index is 0.136. The number of epoxide rings is 1. The molecule has 1 aliphatic rings. The second-order valence-corrected chi connectivity index (χ2v) is 4.36. The number of ether oxygens (including phenoxy) is 2. The summed E-state index contributed by atoms with van der Waals surface area (Å²) in [6.45, 7) is 3.26. The van der Waals surface area contributed by atoms with Crippen LogP contribution in [0.25, 0.3) is 6.08 Å². The topological polar surface area (TPSA) is 94.0 Å². The lowest BCUT2D eigenvalue weighted by molar-refractivity contribution is 0.0539. The molecule has 1 fully saturated rings. The first-order chi connectivity index (χ1) is 8.61. The number of nitrogen functional groups attached to an aromatic ring is 2. The van der Waals surface area contributed by atoms with Gasteiger partial charge >= 0.3 is 0 Å². The zero-order valence-corrected chi connectivity index (χ0v) is 10.3. The zero-order valence-electron chi connectivity index (χ0n) is 10.3. The van der Waals surface area contributed by atoms with Crippen molar-refractivity contribution in [1.82, 2.24) is 0 Å². The average Bonchev–Trinajstić information content (AvgIpc) is 3.15. The Bertz CT molecular complexity index is 456. The van der Waals surface area contributed by atoms with Gasteiger partial charge in [-0.2, -0.15) is 0 Å². The number of anilines is 2. The van der Waals surface area contributed by atoms with Gasteiger partial charge in [0.2, 0.25) is 0 Å². The van der Waals surface area contributed by atoms with E-state index in [1.807, 2.05) is 6.92 Å². The maximum Gasteiger partial charge on any atom is 0.104 e. The summed E-state index contributed by atoms with van der Waals surface area (Å²) in [6.07, 6.45) is 2.63. The molecule has 1 heterocycles. The predicted octanol–water partition coefficient (Wildman–Crippen LogP) is 1.86.